The first-order valence-corrected chi connectivity index (χ1v) is 6.51. The molecule has 0 aliphatic rings. The van der Waals surface area contributed by atoms with E-state index in [1.54, 1.807) is 0 Å². The van der Waals surface area contributed by atoms with Crippen molar-refractivity contribution in [3.63, 3.8) is 0 Å². The van der Waals surface area contributed by atoms with Crippen LogP contribution in [-0.4, -0.2) is 25.2 Å². The van der Waals surface area contributed by atoms with E-state index in [9.17, 15) is 22.0 Å². The first kappa shape index (κ1) is 14.3. The standard InChI is InChI=1S/C11H10F2O4S/c1-2-3-4-18(16,17)9-6-7(11(14)15)5-8(12)10(9)13/h2,5-6H,1,3-4H2,(H,14,15). The third-order valence-electron chi connectivity index (χ3n) is 2.17. The number of halogens is 2. The van der Waals surface area contributed by atoms with Crippen LogP contribution < -0.4 is 0 Å². The van der Waals surface area contributed by atoms with Crippen molar-refractivity contribution in [3.8, 4) is 0 Å². The summed E-state index contributed by atoms with van der Waals surface area (Å²) < 4.78 is 49.9. The van der Waals surface area contributed by atoms with Crippen molar-refractivity contribution >= 4 is 15.8 Å². The summed E-state index contributed by atoms with van der Waals surface area (Å²) in [6.07, 6.45) is 1.37. The molecule has 0 saturated carbocycles. The van der Waals surface area contributed by atoms with Gasteiger partial charge in [-0.3, -0.25) is 0 Å². The third kappa shape index (κ3) is 2.92. The van der Waals surface area contributed by atoms with Gasteiger partial charge in [0, 0.05) is 0 Å². The SMILES string of the molecule is C=CCCS(=O)(=O)c1cc(C(=O)O)cc(F)c1F. The van der Waals surface area contributed by atoms with Crippen LogP contribution in [0, 0.1) is 11.6 Å². The van der Waals surface area contributed by atoms with Crippen LogP contribution in [0.5, 0.6) is 0 Å². The monoisotopic (exact) mass is 276 g/mol. The summed E-state index contributed by atoms with van der Waals surface area (Å²) in [4.78, 5) is 9.71. The largest absolute Gasteiger partial charge is 0.478 e. The van der Waals surface area contributed by atoms with E-state index < -0.39 is 43.7 Å². The minimum atomic E-state index is -4.08. The van der Waals surface area contributed by atoms with Gasteiger partial charge in [0.15, 0.2) is 21.5 Å². The van der Waals surface area contributed by atoms with Crippen molar-refractivity contribution in [3.05, 3.63) is 42.0 Å². The molecule has 0 bridgehead atoms. The van der Waals surface area contributed by atoms with Gasteiger partial charge < -0.3 is 5.11 Å². The molecule has 0 unspecified atom stereocenters. The van der Waals surface area contributed by atoms with E-state index in [-0.39, 0.29) is 6.42 Å². The van der Waals surface area contributed by atoms with Crippen molar-refractivity contribution in [2.75, 3.05) is 5.75 Å². The van der Waals surface area contributed by atoms with Gasteiger partial charge in [-0.2, -0.15) is 0 Å². The van der Waals surface area contributed by atoms with E-state index >= 15 is 0 Å². The number of aromatic carboxylic acids is 1. The molecule has 1 aromatic carbocycles. The van der Waals surface area contributed by atoms with E-state index in [0.717, 1.165) is 0 Å². The van der Waals surface area contributed by atoms with Gasteiger partial charge in [0.1, 0.15) is 4.90 Å². The van der Waals surface area contributed by atoms with Gasteiger partial charge in [-0.1, -0.05) is 6.08 Å². The highest BCUT2D eigenvalue weighted by Gasteiger charge is 2.24. The van der Waals surface area contributed by atoms with Crippen LogP contribution in [-0.2, 0) is 9.84 Å². The Labute approximate surface area is 102 Å². The lowest BCUT2D eigenvalue weighted by Gasteiger charge is -2.06. The number of rotatable bonds is 5. The van der Waals surface area contributed by atoms with Crippen LogP contribution in [0.2, 0.25) is 0 Å². The molecule has 0 aliphatic heterocycles. The van der Waals surface area contributed by atoms with E-state index in [1.165, 1.54) is 6.08 Å². The van der Waals surface area contributed by atoms with Gasteiger partial charge >= 0.3 is 5.97 Å². The number of carboxylic acid groups (broad SMARTS) is 1. The van der Waals surface area contributed by atoms with Gasteiger partial charge in [0.2, 0.25) is 0 Å². The summed E-state index contributed by atoms with van der Waals surface area (Å²) in [5.41, 5.74) is -0.619. The Bertz CT molecular complexity index is 593. The Hall–Kier alpha value is -1.76. The van der Waals surface area contributed by atoms with Crippen molar-refractivity contribution < 1.29 is 27.1 Å². The number of sulfone groups is 1. The highest BCUT2D eigenvalue weighted by atomic mass is 32.2. The lowest BCUT2D eigenvalue weighted by Crippen LogP contribution is -2.12. The number of carbonyl (C=O) groups is 1. The molecule has 1 rings (SSSR count). The normalized spacial score (nSPS) is 11.2. The molecule has 0 fully saturated rings. The molecule has 0 saturated heterocycles. The van der Waals surface area contributed by atoms with E-state index in [1.807, 2.05) is 0 Å². The maximum Gasteiger partial charge on any atom is 0.335 e. The highest BCUT2D eigenvalue weighted by Crippen LogP contribution is 2.21. The van der Waals surface area contributed by atoms with E-state index in [4.69, 9.17) is 5.11 Å². The highest BCUT2D eigenvalue weighted by molar-refractivity contribution is 7.91. The Kier molecular flexibility index (Phi) is 4.18. The minimum Gasteiger partial charge on any atom is -0.478 e. The molecule has 0 spiro atoms. The number of carboxylic acids is 1. The molecule has 0 amide bonds. The molecule has 4 nitrogen and oxygen atoms in total. The van der Waals surface area contributed by atoms with Crippen molar-refractivity contribution in [1.29, 1.82) is 0 Å². The first-order chi connectivity index (χ1) is 8.29. The molecule has 98 valence electrons. The number of hydrogen-bond acceptors (Lipinski definition) is 3. The van der Waals surface area contributed by atoms with Crippen LogP contribution in [0.25, 0.3) is 0 Å². The maximum absolute atomic E-state index is 13.4. The second-order valence-electron chi connectivity index (χ2n) is 3.47. The molecule has 1 N–H and O–H groups in total. The number of allylic oxidation sites excluding steroid dienone is 1. The van der Waals surface area contributed by atoms with Gasteiger partial charge in [-0.15, -0.1) is 6.58 Å². The smallest absolute Gasteiger partial charge is 0.335 e. The second-order valence-corrected chi connectivity index (χ2v) is 5.55. The average Bonchev–Trinajstić information content (AvgIpc) is 2.29. The Morgan fingerprint density at radius 1 is 1.39 bits per heavy atom. The fraction of sp³-hybridized carbons (Fsp3) is 0.182. The predicted octanol–water partition coefficient (Wildman–Crippen LogP) is 2.01. The Morgan fingerprint density at radius 2 is 2.00 bits per heavy atom. The zero-order chi connectivity index (χ0) is 13.9. The summed E-state index contributed by atoms with van der Waals surface area (Å²) in [7, 11) is -4.08. The van der Waals surface area contributed by atoms with Gasteiger partial charge in [0.05, 0.1) is 11.3 Å². The zero-order valence-corrected chi connectivity index (χ0v) is 10.0. The van der Waals surface area contributed by atoms with Crippen molar-refractivity contribution in [2.24, 2.45) is 0 Å². The zero-order valence-electron chi connectivity index (χ0n) is 9.19. The summed E-state index contributed by atoms with van der Waals surface area (Å²) in [6, 6.07) is 1.04. The summed E-state index contributed by atoms with van der Waals surface area (Å²) in [6.45, 7) is 3.32. The Morgan fingerprint density at radius 3 is 2.50 bits per heavy atom. The fourth-order valence-electron chi connectivity index (χ4n) is 1.26. The van der Waals surface area contributed by atoms with Gasteiger partial charge in [0.25, 0.3) is 0 Å². The lowest BCUT2D eigenvalue weighted by molar-refractivity contribution is 0.0696. The molecule has 0 atom stereocenters. The number of hydrogen-bond donors (Lipinski definition) is 1. The molecule has 0 heterocycles. The number of benzene rings is 1. The van der Waals surface area contributed by atoms with Crippen molar-refractivity contribution in [2.45, 2.75) is 11.3 Å². The second kappa shape index (κ2) is 5.26. The van der Waals surface area contributed by atoms with Gasteiger partial charge in [-0.25, -0.2) is 22.0 Å². The van der Waals surface area contributed by atoms with Gasteiger partial charge in [-0.05, 0) is 18.6 Å². The summed E-state index contributed by atoms with van der Waals surface area (Å²) in [5, 5.41) is 8.67. The molecule has 18 heavy (non-hydrogen) atoms. The molecule has 1 aromatic rings. The molecule has 7 heteroatoms. The summed E-state index contributed by atoms with van der Waals surface area (Å²) >= 11 is 0. The fourth-order valence-corrected chi connectivity index (χ4v) is 2.64. The Balaban J connectivity index is 3.39. The first-order valence-electron chi connectivity index (χ1n) is 4.85. The summed E-state index contributed by atoms with van der Waals surface area (Å²) in [5.74, 6) is -5.07. The van der Waals surface area contributed by atoms with Crippen LogP contribution in [0.3, 0.4) is 0 Å². The molecule has 0 radical (unpaired) electrons. The topological polar surface area (TPSA) is 71.4 Å². The predicted molar refractivity (Wildman–Crippen MR) is 60.2 cm³/mol. The van der Waals surface area contributed by atoms with Crippen LogP contribution in [0.4, 0.5) is 8.78 Å². The van der Waals surface area contributed by atoms with Crippen LogP contribution in [0.15, 0.2) is 29.7 Å². The van der Waals surface area contributed by atoms with Crippen LogP contribution >= 0.6 is 0 Å². The lowest BCUT2D eigenvalue weighted by atomic mass is 10.2. The maximum atomic E-state index is 13.4. The average molecular weight is 276 g/mol. The molecular weight excluding hydrogens is 266 g/mol. The van der Waals surface area contributed by atoms with E-state index in [2.05, 4.69) is 6.58 Å². The third-order valence-corrected chi connectivity index (χ3v) is 3.91. The molecule has 0 aliphatic carbocycles. The van der Waals surface area contributed by atoms with Crippen molar-refractivity contribution in [1.82, 2.24) is 0 Å². The minimum absolute atomic E-state index is 0.0562. The molecular formula is C11H10F2O4S. The quantitative estimate of drug-likeness (QED) is 0.835. The molecule has 0 aromatic heterocycles. The van der Waals surface area contributed by atoms with E-state index in [0.29, 0.717) is 12.1 Å². The van der Waals surface area contributed by atoms with Crippen LogP contribution in [0.1, 0.15) is 16.8 Å².